The van der Waals surface area contributed by atoms with E-state index >= 15 is 0 Å². The Morgan fingerprint density at radius 1 is 0.889 bits per heavy atom. The third-order valence-electron chi connectivity index (χ3n) is 5.24. The minimum absolute atomic E-state index is 0.759. The quantitative estimate of drug-likeness (QED) is 0.436. The second-order valence-corrected chi connectivity index (χ2v) is 6.67. The van der Waals surface area contributed by atoms with Gasteiger partial charge in [0, 0.05) is 0 Å². The number of hydrogen-bond donors (Lipinski definition) is 0. The summed E-state index contributed by atoms with van der Waals surface area (Å²) in [6.45, 7) is 6.49. The van der Waals surface area contributed by atoms with Crippen molar-refractivity contribution >= 4 is 0 Å². The highest BCUT2D eigenvalue weighted by atomic mass is 14.3. The second-order valence-electron chi connectivity index (χ2n) is 6.67. The van der Waals surface area contributed by atoms with Crippen LogP contribution in [0.3, 0.4) is 0 Å². The summed E-state index contributed by atoms with van der Waals surface area (Å²) in [5.74, 6) is 3.75. The summed E-state index contributed by atoms with van der Waals surface area (Å²) in [4.78, 5) is 0. The number of allylic oxidation sites excluding steroid dienone is 2. The number of hydrogen-bond acceptors (Lipinski definition) is 0. The van der Waals surface area contributed by atoms with Crippen molar-refractivity contribution in [1.29, 1.82) is 0 Å². The molecule has 0 N–H and O–H groups in total. The molecule has 0 aromatic carbocycles. The Morgan fingerprint density at radius 2 is 1.44 bits per heavy atom. The van der Waals surface area contributed by atoms with Crippen LogP contribution in [0.2, 0.25) is 0 Å². The van der Waals surface area contributed by atoms with E-state index in [1.165, 1.54) is 64.2 Å². The van der Waals surface area contributed by atoms with Gasteiger partial charge < -0.3 is 0 Å². The van der Waals surface area contributed by atoms with Gasteiger partial charge in [0.2, 0.25) is 0 Å². The maximum Gasteiger partial charge on any atom is 0.0953 e. The molecule has 2 aliphatic carbocycles. The van der Waals surface area contributed by atoms with Gasteiger partial charge in [-0.25, -0.2) is 0 Å². The van der Waals surface area contributed by atoms with Gasteiger partial charge in [0.15, 0.2) is 0 Å². The van der Waals surface area contributed by atoms with Crippen LogP contribution in [0.15, 0.2) is 12.2 Å². The zero-order valence-electron chi connectivity index (χ0n) is 12.2. The van der Waals surface area contributed by atoms with Crippen LogP contribution in [0, 0.1) is 30.6 Å². The van der Waals surface area contributed by atoms with Crippen molar-refractivity contribution < 1.29 is 0 Å². The summed E-state index contributed by atoms with van der Waals surface area (Å²) in [7, 11) is 0. The van der Waals surface area contributed by atoms with Crippen LogP contribution >= 0.6 is 0 Å². The largest absolute Gasteiger partial charge is 0.0953 e. The number of unbranched alkanes of at least 4 members (excludes halogenated alkanes) is 1. The molecule has 18 heavy (non-hydrogen) atoms. The lowest BCUT2D eigenvalue weighted by Crippen LogP contribution is -2.24. The van der Waals surface area contributed by atoms with Crippen LogP contribution < -0.4 is 0 Å². The lowest BCUT2D eigenvalue weighted by molar-refractivity contribution is 0.166. The van der Waals surface area contributed by atoms with Gasteiger partial charge in [-0.3, -0.25) is 0 Å². The Morgan fingerprint density at radius 3 is 2.00 bits per heavy atom. The molecule has 2 aliphatic rings. The predicted molar refractivity (Wildman–Crippen MR) is 80.3 cm³/mol. The molecule has 0 nitrogen and oxygen atoms in total. The van der Waals surface area contributed by atoms with E-state index in [9.17, 15) is 0 Å². The van der Waals surface area contributed by atoms with Gasteiger partial charge >= 0.3 is 0 Å². The van der Waals surface area contributed by atoms with Crippen LogP contribution in [-0.2, 0) is 0 Å². The molecule has 0 spiro atoms. The summed E-state index contributed by atoms with van der Waals surface area (Å²) >= 11 is 0. The first-order valence-electron chi connectivity index (χ1n) is 8.29. The van der Waals surface area contributed by atoms with Gasteiger partial charge in [-0.15, -0.1) is 0 Å². The molecule has 0 aromatic heterocycles. The average Bonchev–Trinajstić information content (AvgIpc) is 2.41. The molecule has 0 aromatic rings. The Hall–Kier alpha value is -0.390. The van der Waals surface area contributed by atoms with Gasteiger partial charge in [-0.05, 0) is 75.5 Å². The highest BCUT2D eigenvalue weighted by Crippen LogP contribution is 2.41. The molecule has 0 saturated heterocycles. The monoisotopic (exact) mass is 247 g/mol. The zero-order chi connectivity index (χ0) is 12.8. The topological polar surface area (TPSA) is 0 Å². The highest BCUT2D eigenvalue weighted by molar-refractivity contribution is 4.92. The van der Waals surface area contributed by atoms with Gasteiger partial charge in [-0.1, -0.05) is 25.5 Å². The summed E-state index contributed by atoms with van der Waals surface area (Å²) in [5.41, 5.74) is 0. The highest BCUT2D eigenvalue weighted by Gasteiger charge is 2.30. The van der Waals surface area contributed by atoms with Crippen molar-refractivity contribution in [2.75, 3.05) is 0 Å². The van der Waals surface area contributed by atoms with E-state index in [0.29, 0.717) is 0 Å². The van der Waals surface area contributed by atoms with E-state index < -0.39 is 0 Å². The fourth-order valence-corrected chi connectivity index (χ4v) is 3.92. The van der Waals surface area contributed by atoms with E-state index in [4.69, 9.17) is 0 Å². The van der Waals surface area contributed by atoms with Crippen LogP contribution in [-0.4, -0.2) is 0 Å². The molecule has 0 bridgehead atoms. The Labute approximate surface area is 114 Å². The van der Waals surface area contributed by atoms with E-state index in [1.807, 2.05) is 0 Å². The second kappa shape index (κ2) is 7.26. The van der Waals surface area contributed by atoms with Crippen LogP contribution in [0.25, 0.3) is 0 Å². The molecule has 102 valence electrons. The lowest BCUT2D eigenvalue weighted by atomic mass is 9.69. The average molecular weight is 247 g/mol. The zero-order valence-corrected chi connectivity index (χ0v) is 12.2. The Balaban J connectivity index is 1.70. The SMILES string of the molecule is [CH2+]C1CCC(C2CCC(/C=C/CCC)CC2)CC1. The molecule has 0 amide bonds. The van der Waals surface area contributed by atoms with Crippen LogP contribution in [0.1, 0.15) is 71.1 Å². The molecular weight excluding hydrogens is 216 g/mol. The fraction of sp³-hybridized carbons (Fsp3) is 0.833. The molecule has 2 rings (SSSR count). The third kappa shape index (κ3) is 4.07. The van der Waals surface area contributed by atoms with E-state index in [-0.39, 0.29) is 0 Å². The molecule has 0 atom stereocenters. The van der Waals surface area contributed by atoms with Crippen molar-refractivity contribution in [1.82, 2.24) is 0 Å². The first kappa shape index (κ1) is 14.0. The molecule has 0 heteroatoms. The maximum atomic E-state index is 4.22. The van der Waals surface area contributed by atoms with Gasteiger partial charge in [0.25, 0.3) is 0 Å². The van der Waals surface area contributed by atoms with E-state index in [2.05, 4.69) is 26.0 Å². The number of rotatable bonds is 4. The van der Waals surface area contributed by atoms with E-state index in [0.717, 1.165) is 23.7 Å². The summed E-state index contributed by atoms with van der Waals surface area (Å²) in [5, 5.41) is 0. The maximum absolute atomic E-state index is 4.22. The molecule has 2 fully saturated rings. The summed E-state index contributed by atoms with van der Waals surface area (Å²) in [6.07, 6.45) is 19.1. The van der Waals surface area contributed by atoms with Gasteiger partial charge in [0.05, 0.1) is 12.8 Å². The summed E-state index contributed by atoms with van der Waals surface area (Å²) in [6, 6.07) is 0. The van der Waals surface area contributed by atoms with Crippen molar-refractivity contribution in [2.24, 2.45) is 23.7 Å². The molecule has 0 heterocycles. The summed E-state index contributed by atoms with van der Waals surface area (Å²) < 4.78 is 0. The van der Waals surface area contributed by atoms with Crippen LogP contribution in [0.5, 0.6) is 0 Å². The smallest absolute Gasteiger partial charge is 0.0883 e. The minimum atomic E-state index is 0.759. The molecule has 0 aliphatic heterocycles. The molecule has 0 radical (unpaired) electrons. The van der Waals surface area contributed by atoms with Crippen molar-refractivity contribution in [2.45, 2.75) is 71.1 Å². The normalized spacial score (nSPS) is 38.1. The lowest BCUT2D eigenvalue weighted by Gasteiger charge is -2.35. The van der Waals surface area contributed by atoms with Gasteiger partial charge in [0.1, 0.15) is 0 Å². The third-order valence-corrected chi connectivity index (χ3v) is 5.24. The first-order valence-corrected chi connectivity index (χ1v) is 8.29. The minimum Gasteiger partial charge on any atom is -0.0883 e. The fourth-order valence-electron chi connectivity index (χ4n) is 3.92. The Kier molecular flexibility index (Phi) is 5.66. The predicted octanol–water partition coefficient (Wildman–Crippen LogP) is 5.79. The van der Waals surface area contributed by atoms with E-state index in [1.54, 1.807) is 0 Å². The van der Waals surface area contributed by atoms with Crippen molar-refractivity contribution in [3.63, 3.8) is 0 Å². The molecular formula is C18H31+. The van der Waals surface area contributed by atoms with Crippen LogP contribution in [0.4, 0.5) is 0 Å². The first-order chi connectivity index (χ1) is 8.79. The molecule has 0 unspecified atom stereocenters. The standard InChI is InChI=1S/C18H31/c1-3-4-5-6-16-9-13-18(14-10-16)17-11-7-15(2)8-12-17/h5-6,15-18H,2-4,7-14H2,1H3/q+1/b6-5+. The van der Waals surface area contributed by atoms with Crippen molar-refractivity contribution in [3.05, 3.63) is 19.1 Å². The Bertz CT molecular complexity index is 237. The molecule has 2 saturated carbocycles. The van der Waals surface area contributed by atoms with Gasteiger partial charge in [-0.2, -0.15) is 0 Å². The van der Waals surface area contributed by atoms with Crippen molar-refractivity contribution in [3.8, 4) is 0 Å².